The summed E-state index contributed by atoms with van der Waals surface area (Å²) in [6, 6.07) is 16.5. The zero-order chi connectivity index (χ0) is 22.9. The molecule has 0 radical (unpaired) electrons. The summed E-state index contributed by atoms with van der Waals surface area (Å²) < 4.78 is 0. The van der Waals surface area contributed by atoms with E-state index < -0.39 is 0 Å². The van der Waals surface area contributed by atoms with Crippen molar-refractivity contribution in [1.29, 1.82) is 0 Å². The van der Waals surface area contributed by atoms with Gasteiger partial charge in [0, 0.05) is 12.1 Å². The molecule has 0 saturated heterocycles. The molecule has 2 rings (SSSR count). The number of nitrogens with one attached hydrogen (secondary N) is 3. The fourth-order valence-corrected chi connectivity index (χ4v) is 3.00. The topological polar surface area (TPSA) is 90.5 Å². The van der Waals surface area contributed by atoms with Crippen molar-refractivity contribution in [3.63, 3.8) is 0 Å². The lowest BCUT2D eigenvalue weighted by molar-refractivity contribution is -0.124. The van der Waals surface area contributed by atoms with E-state index in [4.69, 9.17) is 0 Å². The Hall–Kier alpha value is -3.19. The van der Waals surface area contributed by atoms with Crippen LogP contribution < -0.4 is 16.0 Å². The molecule has 0 aliphatic carbocycles. The van der Waals surface area contributed by atoms with Crippen LogP contribution in [0.4, 0.5) is 5.69 Å². The summed E-state index contributed by atoms with van der Waals surface area (Å²) in [4.78, 5) is 39.1. The molecule has 7 nitrogen and oxygen atoms in total. The molecule has 0 spiro atoms. The molecule has 2 aromatic rings. The molecule has 0 aliphatic rings. The second-order valence-corrected chi connectivity index (χ2v) is 8.36. The van der Waals surface area contributed by atoms with Crippen molar-refractivity contribution in [2.75, 3.05) is 25.0 Å². The van der Waals surface area contributed by atoms with Crippen LogP contribution >= 0.6 is 0 Å². The molecular formula is C24H32N4O3. The van der Waals surface area contributed by atoms with Crippen LogP contribution in [0.1, 0.15) is 43.6 Å². The SMILES string of the molecule is CCN(CC(=O)Nc1ccccc1C(=O)NCc1ccccc1)CC(=O)NC(C)(C)C. The first kappa shape index (κ1) is 24.1. The average molecular weight is 425 g/mol. The van der Waals surface area contributed by atoms with Crippen LogP contribution in [0.3, 0.4) is 0 Å². The van der Waals surface area contributed by atoms with Crippen LogP contribution in [0.2, 0.25) is 0 Å². The maximum atomic E-state index is 12.7. The number of nitrogens with zero attached hydrogens (tertiary/aromatic N) is 1. The number of carbonyl (C=O) groups is 3. The van der Waals surface area contributed by atoms with Crippen molar-refractivity contribution in [2.24, 2.45) is 0 Å². The highest BCUT2D eigenvalue weighted by Gasteiger charge is 2.19. The maximum Gasteiger partial charge on any atom is 0.253 e. The fourth-order valence-electron chi connectivity index (χ4n) is 3.00. The smallest absolute Gasteiger partial charge is 0.253 e. The van der Waals surface area contributed by atoms with Gasteiger partial charge >= 0.3 is 0 Å². The minimum Gasteiger partial charge on any atom is -0.350 e. The minimum atomic E-state index is -0.329. The molecule has 31 heavy (non-hydrogen) atoms. The van der Waals surface area contributed by atoms with Crippen molar-refractivity contribution < 1.29 is 14.4 Å². The summed E-state index contributed by atoms with van der Waals surface area (Å²) >= 11 is 0. The van der Waals surface area contributed by atoms with Gasteiger partial charge in [-0.3, -0.25) is 19.3 Å². The number of para-hydroxylation sites is 1. The molecule has 0 aliphatic heterocycles. The van der Waals surface area contributed by atoms with Crippen molar-refractivity contribution >= 4 is 23.4 Å². The number of benzene rings is 2. The van der Waals surface area contributed by atoms with Gasteiger partial charge in [-0.2, -0.15) is 0 Å². The second kappa shape index (κ2) is 11.3. The molecule has 2 aromatic carbocycles. The lowest BCUT2D eigenvalue weighted by Gasteiger charge is -2.24. The van der Waals surface area contributed by atoms with E-state index >= 15 is 0 Å². The Balaban J connectivity index is 1.96. The number of rotatable bonds is 9. The fraction of sp³-hybridized carbons (Fsp3) is 0.375. The van der Waals surface area contributed by atoms with E-state index in [9.17, 15) is 14.4 Å². The first-order valence-electron chi connectivity index (χ1n) is 10.4. The number of hydrogen-bond acceptors (Lipinski definition) is 4. The highest BCUT2D eigenvalue weighted by molar-refractivity contribution is 6.04. The molecule has 0 fully saturated rings. The average Bonchev–Trinajstić information content (AvgIpc) is 2.71. The number of hydrogen-bond donors (Lipinski definition) is 3. The zero-order valence-electron chi connectivity index (χ0n) is 18.7. The molecular weight excluding hydrogens is 392 g/mol. The predicted molar refractivity (Wildman–Crippen MR) is 123 cm³/mol. The summed E-state index contributed by atoms with van der Waals surface area (Å²) in [7, 11) is 0. The van der Waals surface area contributed by atoms with Crippen molar-refractivity contribution in [1.82, 2.24) is 15.5 Å². The van der Waals surface area contributed by atoms with Crippen LogP contribution in [0.5, 0.6) is 0 Å². The quantitative estimate of drug-likeness (QED) is 0.577. The van der Waals surface area contributed by atoms with Gasteiger partial charge in [-0.25, -0.2) is 0 Å². The second-order valence-electron chi connectivity index (χ2n) is 8.36. The van der Waals surface area contributed by atoms with Crippen molar-refractivity contribution in [3.8, 4) is 0 Å². The first-order valence-corrected chi connectivity index (χ1v) is 10.4. The van der Waals surface area contributed by atoms with E-state index in [1.165, 1.54) is 0 Å². The van der Waals surface area contributed by atoms with Gasteiger partial charge in [0.05, 0.1) is 24.3 Å². The van der Waals surface area contributed by atoms with Crippen LogP contribution in [0, 0.1) is 0 Å². The zero-order valence-corrected chi connectivity index (χ0v) is 18.7. The van der Waals surface area contributed by atoms with E-state index in [1.54, 1.807) is 29.2 Å². The number of anilines is 1. The normalized spacial score (nSPS) is 11.1. The molecule has 0 heterocycles. The molecule has 0 bridgehead atoms. The Morgan fingerprint density at radius 3 is 2.13 bits per heavy atom. The van der Waals surface area contributed by atoms with Gasteiger partial charge in [0.15, 0.2) is 0 Å². The molecule has 0 aromatic heterocycles. The monoisotopic (exact) mass is 424 g/mol. The maximum absolute atomic E-state index is 12.7. The van der Waals surface area contributed by atoms with Crippen LogP contribution in [0.15, 0.2) is 54.6 Å². The van der Waals surface area contributed by atoms with Crippen LogP contribution in [-0.4, -0.2) is 47.8 Å². The van der Waals surface area contributed by atoms with Crippen LogP contribution in [0.25, 0.3) is 0 Å². The van der Waals surface area contributed by atoms with Gasteiger partial charge in [0.1, 0.15) is 0 Å². The van der Waals surface area contributed by atoms with E-state index in [1.807, 2.05) is 58.0 Å². The van der Waals surface area contributed by atoms with Gasteiger partial charge in [0.2, 0.25) is 11.8 Å². The molecule has 0 atom stereocenters. The van der Waals surface area contributed by atoms with Crippen molar-refractivity contribution in [3.05, 3.63) is 65.7 Å². The number of likely N-dealkylation sites (N-methyl/N-ethyl adjacent to an activating group) is 1. The Morgan fingerprint density at radius 1 is 0.871 bits per heavy atom. The molecule has 166 valence electrons. The highest BCUT2D eigenvalue weighted by atomic mass is 16.2. The van der Waals surface area contributed by atoms with E-state index in [-0.39, 0.29) is 36.3 Å². The first-order chi connectivity index (χ1) is 14.7. The van der Waals surface area contributed by atoms with E-state index in [2.05, 4.69) is 16.0 Å². The summed E-state index contributed by atoms with van der Waals surface area (Å²) in [5, 5.41) is 8.57. The van der Waals surface area contributed by atoms with Gasteiger partial charge < -0.3 is 16.0 Å². The molecule has 7 heteroatoms. The molecule has 3 amide bonds. The summed E-state index contributed by atoms with van der Waals surface area (Å²) in [6.07, 6.45) is 0. The Labute approximate surface area is 184 Å². The number of amides is 3. The minimum absolute atomic E-state index is 0.0496. The largest absolute Gasteiger partial charge is 0.350 e. The van der Waals surface area contributed by atoms with Gasteiger partial charge in [0.25, 0.3) is 5.91 Å². The molecule has 0 saturated carbocycles. The Bertz CT molecular complexity index is 891. The standard InChI is InChI=1S/C24H32N4O3/c1-5-28(17-22(30)27-24(2,3)4)16-21(29)26-20-14-10-9-13-19(20)23(31)25-15-18-11-7-6-8-12-18/h6-14H,5,15-17H2,1-4H3,(H,25,31)(H,26,29)(H,27,30). The summed E-state index contributed by atoms with van der Waals surface area (Å²) in [5.41, 5.74) is 1.49. The van der Waals surface area contributed by atoms with Gasteiger partial charge in [-0.15, -0.1) is 0 Å². The van der Waals surface area contributed by atoms with E-state index in [0.29, 0.717) is 24.3 Å². The summed E-state index contributed by atoms with van der Waals surface area (Å²) in [6.45, 7) is 8.74. The highest BCUT2D eigenvalue weighted by Crippen LogP contribution is 2.15. The lowest BCUT2D eigenvalue weighted by Crippen LogP contribution is -2.47. The number of carbonyl (C=O) groups excluding carboxylic acids is 3. The Kier molecular flexibility index (Phi) is 8.75. The lowest BCUT2D eigenvalue weighted by atomic mass is 10.1. The molecule has 0 unspecified atom stereocenters. The van der Waals surface area contributed by atoms with Gasteiger partial charge in [-0.05, 0) is 45.0 Å². The molecule has 3 N–H and O–H groups in total. The third-order valence-corrected chi connectivity index (χ3v) is 4.44. The van der Waals surface area contributed by atoms with Crippen LogP contribution in [-0.2, 0) is 16.1 Å². The third kappa shape index (κ3) is 8.60. The Morgan fingerprint density at radius 2 is 1.48 bits per heavy atom. The van der Waals surface area contributed by atoms with Crippen molar-refractivity contribution in [2.45, 2.75) is 39.8 Å². The summed E-state index contributed by atoms with van der Waals surface area (Å²) in [5.74, 6) is -0.687. The van der Waals surface area contributed by atoms with E-state index in [0.717, 1.165) is 5.56 Å². The van der Waals surface area contributed by atoms with Gasteiger partial charge in [-0.1, -0.05) is 49.4 Å². The third-order valence-electron chi connectivity index (χ3n) is 4.44. The predicted octanol–water partition coefficient (Wildman–Crippen LogP) is 2.79.